The predicted octanol–water partition coefficient (Wildman–Crippen LogP) is 6.28. The molecule has 2 saturated carbocycles. The molecule has 1 unspecified atom stereocenters. The first-order valence-corrected chi connectivity index (χ1v) is 15.9. The van der Waals surface area contributed by atoms with Crippen LogP contribution in [0.3, 0.4) is 0 Å². The lowest BCUT2D eigenvalue weighted by molar-refractivity contribution is 0.0696. The number of hydrogen-bond acceptors (Lipinski definition) is 7. The van der Waals surface area contributed by atoms with E-state index in [2.05, 4.69) is 15.1 Å². The largest absolute Gasteiger partial charge is 0.478 e. The summed E-state index contributed by atoms with van der Waals surface area (Å²) >= 11 is 0. The Morgan fingerprint density at radius 2 is 1.80 bits per heavy atom. The molecular weight excluding hydrogens is 578 g/mol. The van der Waals surface area contributed by atoms with Crippen molar-refractivity contribution in [1.29, 1.82) is 0 Å². The van der Waals surface area contributed by atoms with Gasteiger partial charge in [0, 0.05) is 53.2 Å². The summed E-state index contributed by atoms with van der Waals surface area (Å²) in [7, 11) is 0. The van der Waals surface area contributed by atoms with Crippen molar-refractivity contribution in [2.24, 2.45) is 11.3 Å². The van der Waals surface area contributed by atoms with Gasteiger partial charge < -0.3 is 20.1 Å². The number of nitrogens with zero attached hydrogens (tertiary/aromatic N) is 3. The second kappa shape index (κ2) is 12.0. The third kappa shape index (κ3) is 6.38. The van der Waals surface area contributed by atoms with Crippen molar-refractivity contribution >= 4 is 23.1 Å². The maximum absolute atomic E-state index is 14.7. The van der Waals surface area contributed by atoms with E-state index in [1.807, 2.05) is 18.2 Å². The molecule has 0 spiro atoms. The molecule has 3 heterocycles. The van der Waals surface area contributed by atoms with Gasteiger partial charge in [0.1, 0.15) is 18.6 Å². The average Bonchev–Trinajstić information content (AvgIpc) is 3.99. The second-order valence-corrected chi connectivity index (χ2v) is 13.2. The van der Waals surface area contributed by atoms with Gasteiger partial charge in [-0.15, -0.1) is 0 Å². The topological polar surface area (TPSA) is 95.0 Å². The van der Waals surface area contributed by atoms with Gasteiger partial charge in [0.05, 0.1) is 23.6 Å². The Bertz CT molecular complexity index is 1600. The minimum atomic E-state index is -0.972. The predicted molar refractivity (Wildman–Crippen MR) is 166 cm³/mol. The zero-order valence-electron chi connectivity index (χ0n) is 25.2. The van der Waals surface area contributed by atoms with Crippen LogP contribution in [0.4, 0.5) is 20.2 Å². The van der Waals surface area contributed by atoms with Gasteiger partial charge in [-0.2, -0.15) is 0 Å². The molecule has 2 N–H and O–H groups in total. The molecule has 0 bridgehead atoms. The summed E-state index contributed by atoms with van der Waals surface area (Å²) in [5, 5.41) is 13.1. The number of likely N-dealkylation sites (tertiary alicyclic amines) is 1. The molecule has 2 aliphatic heterocycles. The number of carbonyl (C=O) groups excluding carboxylic acids is 1. The Kier molecular flexibility index (Phi) is 7.93. The van der Waals surface area contributed by atoms with E-state index >= 15 is 0 Å². The van der Waals surface area contributed by atoms with Gasteiger partial charge in [-0.1, -0.05) is 18.2 Å². The third-order valence-corrected chi connectivity index (χ3v) is 9.84. The number of ketones is 1. The van der Waals surface area contributed by atoms with Crippen LogP contribution in [0, 0.1) is 17.2 Å². The van der Waals surface area contributed by atoms with Crippen LogP contribution in [0.2, 0.25) is 0 Å². The number of Topliss-reactive ketones (excluding diaryl/α,β-unsaturated/α-hetero) is 1. The van der Waals surface area contributed by atoms with Crippen LogP contribution in [-0.4, -0.2) is 65.8 Å². The summed E-state index contributed by atoms with van der Waals surface area (Å²) in [6, 6.07) is 15.4. The van der Waals surface area contributed by atoms with Crippen LogP contribution in [-0.2, 0) is 6.61 Å². The zero-order chi connectivity index (χ0) is 31.1. The van der Waals surface area contributed by atoms with Crippen LogP contribution < -0.4 is 15.0 Å². The van der Waals surface area contributed by atoms with Gasteiger partial charge in [0.2, 0.25) is 5.88 Å². The summed E-state index contributed by atoms with van der Waals surface area (Å²) in [5.74, 6) is -0.644. The Labute approximate surface area is 261 Å². The molecule has 45 heavy (non-hydrogen) atoms. The third-order valence-electron chi connectivity index (χ3n) is 9.84. The number of aromatic nitrogens is 1. The van der Waals surface area contributed by atoms with E-state index in [4.69, 9.17) is 9.72 Å². The Morgan fingerprint density at radius 1 is 1.02 bits per heavy atom. The van der Waals surface area contributed by atoms with Crippen LogP contribution in [0.25, 0.3) is 0 Å². The maximum Gasteiger partial charge on any atom is 0.335 e. The lowest BCUT2D eigenvalue weighted by Gasteiger charge is -2.37. The molecule has 4 aliphatic rings. The second-order valence-electron chi connectivity index (χ2n) is 13.2. The molecule has 8 nitrogen and oxygen atoms in total. The summed E-state index contributed by atoms with van der Waals surface area (Å²) in [4.78, 5) is 33.2. The van der Waals surface area contributed by atoms with Crippen molar-refractivity contribution in [1.82, 2.24) is 9.88 Å². The highest BCUT2D eigenvalue weighted by molar-refractivity contribution is 5.99. The molecule has 1 aromatic heterocycles. The van der Waals surface area contributed by atoms with E-state index in [1.165, 1.54) is 6.07 Å². The van der Waals surface area contributed by atoms with Crippen molar-refractivity contribution < 1.29 is 28.2 Å². The first kappa shape index (κ1) is 29.6. The number of anilines is 2. The number of benzene rings is 2. The minimum absolute atomic E-state index is 0.0153. The number of ether oxygens (including phenoxy) is 1. The number of hydrogen-bond donors (Lipinski definition) is 2. The fraction of sp³-hybridized carbons (Fsp3) is 0.457. The highest BCUT2D eigenvalue weighted by atomic mass is 19.1. The molecule has 10 heteroatoms. The SMILES string of the molecule is O=C(O)c1ccc2c(c1)N(CC1(CF)CC1)C(CN1CCC(c3cccc(OCc4ccc(C(=O)C5CC5)cc4F)n3)CC1)N2. The van der Waals surface area contributed by atoms with Gasteiger partial charge in [0.15, 0.2) is 5.78 Å². The fourth-order valence-corrected chi connectivity index (χ4v) is 6.61. The molecule has 0 radical (unpaired) electrons. The lowest BCUT2D eigenvalue weighted by atomic mass is 9.93. The number of fused-ring (bicyclic) bond motifs is 1. The first-order chi connectivity index (χ1) is 21.8. The number of halogens is 2. The Morgan fingerprint density at radius 3 is 2.49 bits per heavy atom. The van der Waals surface area contributed by atoms with Crippen molar-refractivity contribution in [2.45, 2.75) is 57.2 Å². The number of aromatic carboxylic acids is 1. The summed E-state index contributed by atoms with van der Waals surface area (Å²) in [5.41, 5.74) is 3.37. The maximum atomic E-state index is 14.7. The molecule has 2 aliphatic carbocycles. The first-order valence-electron chi connectivity index (χ1n) is 15.9. The van der Waals surface area contributed by atoms with E-state index in [1.54, 1.807) is 30.3 Å². The van der Waals surface area contributed by atoms with Crippen LogP contribution >= 0.6 is 0 Å². The van der Waals surface area contributed by atoms with Gasteiger partial charge in [-0.25, -0.2) is 14.2 Å². The van der Waals surface area contributed by atoms with Crippen molar-refractivity contribution in [3.8, 4) is 5.88 Å². The van der Waals surface area contributed by atoms with E-state index < -0.39 is 11.8 Å². The standard InChI is InChI=1S/C35H38F2N4O4/c36-20-35(12-13-35)21-41-30-17-25(34(43)44)8-9-29(30)38-31(41)18-40-14-10-22(11-15-40)28-2-1-3-32(39-28)45-19-26-7-6-24(16-27(26)37)33(42)23-4-5-23/h1-3,6-9,16-17,22-23,31,38H,4-5,10-15,18-21H2,(H,43,44). The number of piperidine rings is 1. The smallest absolute Gasteiger partial charge is 0.335 e. The summed E-state index contributed by atoms with van der Waals surface area (Å²) in [6.07, 6.45) is 5.24. The quantitative estimate of drug-likeness (QED) is 0.230. The Balaban J connectivity index is 0.955. The number of rotatable bonds is 12. The average molecular weight is 617 g/mol. The van der Waals surface area contributed by atoms with Gasteiger partial charge in [-0.3, -0.25) is 14.1 Å². The molecule has 3 aromatic rings. The Hall–Kier alpha value is -4.05. The number of alkyl halides is 1. The van der Waals surface area contributed by atoms with E-state index in [0.717, 1.165) is 75.2 Å². The lowest BCUT2D eigenvalue weighted by Crippen LogP contribution is -2.49. The van der Waals surface area contributed by atoms with Gasteiger partial charge in [-0.05, 0) is 81.9 Å². The van der Waals surface area contributed by atoms with E-state index in [9.17, 15) is 23.5 Å². The number of nitrogens with one attached hydrogen (secondary N) is 1. The van der Waals surface area contributed by atoms with Crippen LogP contribution in [0.1, 0.15) is 76.4 Å². The number of carbonyl (C=O) groups is 2. The monoisotopic (exact) mass is 616 g/mol. The normalized spacial score (nSPS) is 20.8. The molecule has 0 amide bonds. The minimum Gasteiger partial charge on any atom is -0.478 e. The molecule has 3 fully saturated rings. The zero-order valence-corrected chi connectivity index (χ0v) is 25.2. The molecular formula is C35H38F2N4O4. The van der Waals surface area contributed by atoms with Crippen molar-refractivity contribution in [3.05, 3.63) is 82.8 Å². The van der Waals surface area contributed by atoms with Crippen molar-refractivity contribution in [3.63, 3.8) is 0 Å². The van der Waals surface area contributed by atoms with Crippen molar-refractivity contribution in [2.75, 3.05) is 43.1 Å². The van der Waals surface area contributed by atoms with E-state index in [-0.39, 0.29) is 48.0 Å². The highest BCUT2D eigenvalue weighted by Gasteiger charge is 2.47. The molecule has 7 rings (SSSR count). The van der Waals surface area contributed by atoms with E-state index in [0.29, 0.717) is 23.6 Å². The molecule has 236 valence electrons. The number of pyridine rings is 1. The molecule has 1 atom stereocenters. The highest BCUT2D eigenvalue weighted by Crippen LogP contribution is 2.49. The van der Waals surface area contributed by atoms with Crippen LogP contribution in [0.15, 0.2) is 54.6 Å². The fourth-order valence-electron chi connectivity index (χ4n) is 6.61. The number of carboxylic acid groups (broad SMARTS) is 1. The van der Waals surface area contributed by atoms with Gasteiger partial charge >= 0.3 is 5.97 Å². The van der Waals surface area contributed by atoms with Gasteiger partial charge in [0.25, 0.3) is 0 Å². The summed E-state index contributed by atoms with van der Waals surface area (Å²) < 4.78 is 34.5. The van der Waals surface area contributed by atoms with Crippen LogP contribution in [0.5, 0.6) is 5.88 Å². The molecule has 1 saturated heterocycles. The summed E-state index contributed by atoms with van der Waals surface area (Å²) in [6.45, 7) is 2.70. The number of carboxylic acids is 1. The molecule has 2 aromatic carbocycles.